The van der Waals surface area contributed by atoms with Crippen LogP contribution in [0.25, 0.3) is 0 Å². The van der Waals surface area contributed by atoms with E-state index in [1.54, 1.807) is 6.07 Å². The maximum absolute atomic E-state index is 13.3. The van der Waals surface area contributed by atoms with Crippen LogP contribution in [0.3, 0.4) is 0 Å². The lowest BCUT2D eigenvalue weighted by Gasteiger charge is -2.19. The Kier molecular flexibility index (Phi) is 7.86. The summed E-state index contributed by atoms with van der Waals surface area (Å²) in [6.45, 7) is 9.94. The lowest BCUT2D eigenvalue weighted by Crippen LogP contribution is -2.36. The van der Waals surface area contributed by atoms with Crippen molar-refractivity contribution in [1.29, 1.82) is 0 Å². The van der Waals surface area contributed by atoms with Gasteiger partial charge in [-0.3, -0.25) is 0 Å². The lowest BCUT2D eigenvalue weighted by atomic mass is 10.2. The Morgan fingerprint density at radius 3 is 2.50 bits per heavy atom. The number of guanidine groups is 1. The fraction of sp³-hybridized carbons (Fsp3) is 0.400. The monoisotopic (exact) mass is 357 g/mol. The number of hydrogen-bond donors (Lipinski definition) is 2. The Balaban J connectivity index is 1.97. The van der Waals surface area contributed by atoms with E-state index in [1.165, 1.54) is 12.1 Å². The topological polar surface area (TPSA) is 52.6 Å². The molecule has 0 bridgehead atoms. The first kappa shape index (κ1) is 19.7. The smallest absolute Gasteiger partial charge is 0.191 e. The number of hydrogen-bond acceptors (Lipinski definition) is 3. The normalized spacial score (nSPS) is 11.3. The summed E-state index contributed by atoms with van der Waals surface area (Å²) in [5, 5.41) is 6.43. The molecule has 0 saturated heterocycles. The van der Waals surface area contributed by atoms with Crippen molar-refractivity contribution in [3.63, 3.8) is 0 Å². The summed E-state index contributed by atoms with van der Waals surface area (Å²) in [7, 11) is 0. The van der Waals surface area contributed by atoms with Crippen molar-refractivity contribution in [3.05, 3.63) is 59.5 Å². The van der Waals surface area contributed by atoms with Crippen molar-refractivity contribution in [2.75, 3.05) is 24.5 Å². The maximum atomic E-state index is 13.3. The van der Waals surface area contributed by atoms with Gasteiger partial charge in [0.25, 0.3) is 0 Å². The number of halogens is 1. The van der Waals surface area contributed by atoms with E-state index in [1.807, 2.05) is 25.3 Å². The Morgan fingerprint density at radius 1 is 1.08 bits per heavy atom. The quantitative estimate of drug-likeness (QED) is 0.562. The Bertz CT molecular complexity index is 696. The predicted molar refractivity (Wildman–Crippen MR) is 106 cm³/mol. The third kappa shape index (κ3) is 6.02. The van der Waals surface area contributed by atoms with Gasteiger partial charge in [0.1, 0.15) is 11.6 Å². The molecule has 0 aliphatic carbocycles. The molecule has 1 heterocycles. The zero-order valence-corrected chi connectivity index (χ0v) is 15.8. The van der Waals surface area contributed by atoms with Crippen LogP contribution < -0.4 is 15.5 Å². The molecule has 0 unspecified atom stereocenters. The zero-order valence-electron chi connectivity index (χ0n) is 15.8. The van der Waals surface area contributed by atoms with Gasteiger partial charge in [0.2, 0.25) is 0 Å². The molecule has 5 nitrogen and oxygen atoms in total. The lowest BCUT2D eigenvalue weighted by molar-refractivity contribution is 0.624. The van der Waals surface area contributed by atoms with E-state index in [0.717, 1.165) is 36.6 Å². The largest absolute Gasteiger partial charge is 0.357 e. The van der Waals surface area contributed by atoms with Gasteiger partial charge in [0.15, 0.2) is 5.96 Å². The molecule has 0 saturated carbocycles. The van der Waals surface area contributed by atoms with Crippen LogP contribution in [-0.4, -0.2) is 30.6 Å². The van der Waals surface area contributed by atoms with Crippen LogP contribution in [0.4, 0.5) is 10.2 Å². The van der Waals surface area contributed by atoms with Gasteiger partial charge in [-0.25, -0.2) is 14.4 Å². The van der Waals surface area contributed by atoms with Gasteiger partial charge in [-0.15, -0.1) is 0 Å². The first-order valence-electron chi connectivity index (χ1n) is 9.12. The average molecular weight is 357 g/mol. The summed E-state index contributed by atoms with van der Waals surface area (Å²) in [6, 6.07) is 10.6. The zero-order chi connectivity index (χ0) is 18.8. The predicted octanol–water partition coefficient (Wildman–Crippen LogP) is 3.32. The number of nitrogens with zero attached hydrogens (tertiary/aromatic N) is 3. The molecule has 0 atom stereocenters. The molecule has 0 radical (unpaired) electrons. The first-order chi connectivity index (χ1) is 12.7. The van der Waals surface area contributed by atoms with E-state index in [9.17, 15) is 4.39 Å². The van der Waals surface area contributed by atoms with Crippen molar-refractivity contribution in [3.8, 4) is 0 Å². The fourth-order valence-electron chi connectivity index (χ4n) is 2.59. The summed E-state index contributed by atoms with van der Waals surface area (Å²) >= 11 is 0. The molecule has 0 aliphatic heterocycles. The van der Waals surface area contributed by atoms with Gasteiger partial charge in [-0.2, -0.15) is 0 Å². The minimum Gasteiger partial charge on any atom is -0.357 e. The maximum Gasteiger partial charge on any atom is 0.191 e. The van der Waals surface area contributed by atoms with E-state index < -0.39 is 0 Å². The summed E-state index contributed by atoms with van der Waals surface area (Å²) in [6.07, 6.45) is 1.87. The van der Waals surface area contributed by atoms with Crippen molar-refractivity contribution < 1.29 is 4.39 Å². The van der Waals surface area contributed by atoms with Crippen molar-refractivity contribution in [1.82, 2.24) is 15.6 Å². The first-order valence-corrected chi connectivity index (χ1v) is 9.12. The highest BCUT2D eigenvalue weighted by atomic mass is 19.1. The molecule has 140 valence electrons. The standard InChI is InChI=1S/C20H28FN5/c1-4-22-20(24-13-16-8-7-9-18(21)12-16)25-15-17-10-11-19(23-14-17)26(5-2)6-3/h7-12,14H,4-6,13,15H2,1-3H3,(H2,22,24,25). The van der Waals surface area contributed by atoms with E-state index in [0.29, 0.717) is 19.0 Å². The number of anilines is 1. The minimum atomic E-state index is -0.231. The van der Waals surface area contributed by atoms with Crippen LogP contribution >= 0.6 is 0 Å². The molecule has 1 aromatic carbocycles. The summed E-state index contributed by atoms with van der Waals surface area (Å²) in [5.41, 5.74) is 1.92. The van der Waals surface area contributed by atoms with E-state index in [2.05, 4.69) is 45.4 Å². The van der Waals surface area contributed by atoms with Gasteiger partial charge in [0, 0.05) is 32.4 Å². The summed E-state index contributed by atoms with van der Waals surface area (Å²) in [4.78, 5) is 11.3. The summed E-state index contributed by atoms with van der Waals surface area (Å²) < 4.78 is 13.3. The number of pyridine rings is 1. The molecule has 0 fully saturated rings. The Morgan fingerprint density at radius 2 is 1.88 bits per heavy atom. The number of nitrogens with one attached hydrogen (secondary N) is 2. The number of rotatable bonds is 8. The van der Waals surface area contributed by atoms with Crippen LogP contribution in [0.15, 0.2) is 47.6 Å². The fourth-order valence-corrected chi connectivity index (χ4v) is 2.59. The second kappa shape index (κ2) is 10.4. The van der Waals surface area contributed by atoms with Gasteiger partial charge >= 0.3 is 0 Å². The van der Waals surface area contributed by atoms with Crippen molar-refractivity contribution >= 4 is 11.8 Å². The molecule has 1 aromatic heterocycles. The Hall–Kier alpha value is -2.63. The SMILES string of the molecule is CCNC(=NCc1ccc(N(CC)CC)nc1)NCc1cccc(F)c1. The van der Waals surface area contributed by atoms with E-state index in [4.69, 9.17) is 0 Å². The van der Waals surface area contributed by atoms with Crippen LogP contribution in [0.5, 0.6) is 0 Å². The molecule has 0 amide bonds. The molecule has 6 heteroatoms. The molecule has 2 rings (SSSR count). The highest BCUT2D eigenvalue weighted by Crippen LogP contribution is 2.11. The molecule has 0 spiro atoms. The third-order valence-electron chi connectivity index (χ3n) is 4.01. The highest BCUT2D eigenvalue weighted by Gasteiger charge is 2.04. The van der Waals surface area contributed by atoms with Crippen LogP contribution in [-0.2, 0) is 13.1 Å². The number of aliphatic imine (C=N–C) groups is 1. The second-order valence-corrected chi connectivity index (χ2v) is 5.88. The van der Waals surface area contributed by atoms with Crippen LogP contribution in [0.2, 0.25) is 0 Å². The minimum absolute atomic E-state index is 0.231. The molecular formula is C20H28FN5. The van der Waals surface area contributed by atoms with Gasteiger partial charge in [0.05, 0.1) is 6.54 Å². The molecule has 2 aromatic rings. The average Bonchev–Trinajstić information content (AvgIpc) is 2.66. The van der Waals surface area contributed by atoms with Crippen molar-refractivity contribution in [2.24, 2.45) is 4.99 Å². The molecule has 0 aliphatic rings. The highest BCUT2D eigenvalue weighted by molar-refractivity contribution is 5.79. The molecule has 26 heavy (non-hydrogen) atoms. The number of benzene rings is 1. The summed E-state index contributed by atoms with van der Waals surface area (Å²) in [5.74, 6) is 1.45. The second-order valence-electron chi connectivity index (χ2n) is 5.88. The number of aromatic nitrogens is 1. The van der Waals surface area contributed by atoms with Crippen LogP contribution in [0, 0.1) is 5.82 Å². The van der Waals surface area contributed by atoms with Crippen molar-refractivity contribution in [2.45, 2.75) is 33.9 Å². The molecule has 2 N–H and O–H groups in total. The van der Waals surface area contributed by atoms with Gasteiger partial charge in [-0.05, 0) is 50.1 Å². The van der Waals surface area contributed by atoms with Gasteiger partial charge < -0.3 is 15.5 Å². The van der Waals surface area contributed by atoms with E-state index >= 15 is 0 Å². The van der Waals surface area contributed by atoms with Gasteiger partial charge in [-0.1, -0.05) is 18.2 Å². The third-order valence-corrected chi connectivity index (χ3v) is 4.01. The molecular weight excluding hydrogens is 329 g/mol. The Labute approximate surface area is 155 Å². The van der Waals surface area contributed by atoms with E-state index in [-0.39, 0.29) is 5.82 Å². The van der Waals surface area contributed by atoms with Crippen LogP contribution in [0.1, 0.15) is 31.9 Å².